The third-order valence-electron chi connectivity index (χ3n) is 7.40. The van der Waals surface area contributed by atoms with Gasteiger partial charge in [-0.3, -0.25) is 33.6 Å². The van der Waals surface area contributed by atoms with Crippen LogP contribution in [0.3, 0.4) is 0 Å². The van der Waals surface area contributed by atoms with Gasteiger partial charge in [0.25, 0.3) is 5.91 Å². The van der Waals surface area contributed by atoms with Crippen LogP contribution in [0.15, 0.2) is 24.3 Å². The van der Waals surface area contributed by atoms with Crippen LogP contribution in [0, 0.1) is 5.92 Å². The highest BCUT2D eigenvalue weighted by Crippen LogP contribution is 2.19. The van der Waals surface area contributed by atoms with Gasteiger partial charge in [0.05, 0.1) is 24.4 Å². The van der Waals surface area contributed by atoms with Crippen molar-refractivity contribution >= 4 is 41.4 Å². The Kier molecular flexibility index (Phi) is 12.7. The van der Waals surface area contributed by atoms with Crippen LogP contribution in [0.4, 0.5) is 0 Å². The standard InChI is InChI=1S/C30H43N7O8/c1-17(2)26-30(44)33-18(3)16-45-22-9-5-4-8-19(22)27(41)35-21(15-24(39)34-20(14-23(31)38)29(43)36-26)28(42)32-11-7-13-37-12-6-10-25(37)40/h4-5,8-9,17-18,20-21,26H,6-7,10-16H2,1-3H3,(H2,31,38)(H,32,42)(H,33,44)(H,34,39)(H,35,41)(H,36,43)/t18-,20-,21-,26+/m0/s1. The number of benzene rings is 1. The van der Waals surface area contributed by atoms with E-state index in [0.717, 1.165) is 6.42 Å². The molecule has 0 bridgehead atoms. The summed E-state index contributed by atoms with van der Waals surface area (Å²) in [4.78, 5) is 91.5. The summed E-state index contributed by atoms with van der Waals surface area (Å²) < 4.78 is 5.85. The molecule has 7 N–H and O–H groups in total. The van der Waals surface area contributed by atoms with E-state index >= 15 is 0 Å². The van der Waals surface area contributed by atoms with Crippen LogP contribution >= 0.6 is 0 Å². The van der Waals surface area contributed by atoms with Gasteiger partial charge >= 0.3 is 0 Å². The first-order chi connectivity index (χ1) is 21.3. The van der Waals surface area contributed by atoms with Gasteiger partial charge in [-0.05, 0) is 37.8 Å². The summed E-state index contributed by atoms with van der Waals surface area (Å²) >= 11 is 0. The van der Waals surface area contributed by atoms with E-state index in [1.807, 2.05) is 0 Å². The van der Waals surface area contributed by atoms with Gasteiger partial charge in [-0.1, -0.05) is 26.0 Å². The van der Waals surface area contributed by atoms with Gasteiger partial charge in [0.2, 0.25) is 35.4 Å². The number of rotatable bonds is 8. The Balaban J connectivity index is 1.86. The zero-order valence-corrected chi connectivity index (χ0v) is 25.9. The van der Waals surface area contributed by atoms with Crippen molar-refractivity contribution in [1.82, 2.24) is 31.5 Å². The van der Waals surface area contributed by atoms with Crippen molar-refractivity contribution in [3.8, 4) is 5.75 Å². The van der Waals surface area contributed by atoms with Crippen LogP contribution in [-0.4, -0.2) is 96.7 Å². The maximum Gasteiger partial charge on any atom is 0.255 e. The molecule has 7 amide bonds. The quantitative estimate of drug-likeness (QED) is 0.190. The van der Waals surface area contributed by atoms with Crippen LogP contribution in [0.1, 0.15) is 63.2 Å². The van der Waals surface area contributed by atoms with Crippen molar-refractivity contribution in [2.24, 2.45) is 11.7 Å². The molecule has 1 aromatic rings. The molecule has 2 heterocycles. The molecule has 0 radical (unpaired) electrons. The van der Waals surface area contributed by atoms with Crippen LogP contribution in [0.25, 0.3) is 0 Å². The summed E-state index contributed by atoms with van der Waals surface area (Å²) in [7, 11) is 0. The Bertz CT molecular complexity index is 1290. The van der Waals surface area contributed by atoms with Gasteiger partial charge in [-0.2, -0.15) is 0 Å². The number of hydrogen-bond acceptors (Lipinski definition) is 8. The Morgan fingerprint density at radius 1 is 1.04 bits per heavy atom. The average molecular weight is 630 g/mol. The minimum atomic E-state index is -1.45. The molecule has 2 aliphatic heterocycles. The average Bonchev–Trinajstić information content (AvgIpc) is 3.39. The molecule has 45 heavy (non-hydrogen) atoms. The number of nitrogens with one attached hydrogen (secondary N) is 5. The fourth-order valence-electron chi connectivity index (χ4n) is 5.00. The predicted molar refractivity (Wildman–Crippen MR) is 161 cm³/mol. The molecule has 15 heteroatoms. The second-order valence-corrected chi connectivity index (χ2v) is 11.6. The maximum atomic E-state index is 13.4. The monoisotopic (exact) mass is 629 g/mol. The number of hydrogen-bond donors (Lipinski definition) is 6. The van der Waals surface area contributed by atoms with Gasteiger partial charge in [0.15, 0.2) is 0 Å². The molecule has 4 atom stereocenters. The predicted octanol–water partition coefficient (Wildman–Crippen LogP) is -1.30. The number of ether oxygens (including phenoxy) is 1. The molecule has 3 rings (SSSR count). The van der Waals surface area contributed by atoms with Crippen LogP contribution < -0.4 is 37.1 Å². The van der Waals surface area contributed by atoms with Gasteiger partial charge in [0, 0.05) is 26.1 Å². The van der Waals surface area contributed by atoms with E-state index in [1.54, 1.807) is 43.9 Å². The van der Waals surface area contributed by atoms with E-state index in [9.17, 15) is 33.6 Å². The van der Waals surface area contributed by atoms with E-state index in [0.29, 0.717) is 25.9 Å². The Hall–Kier alpha value is -4.69. The van der Waals surface area contributed by atoms with Gasteiger partial charge in [-0.25, -0.2) is 0 Å². The van der Waals surface area contributed by atoms with E-state index in [2.05, 4.69) is 26.6 Å². The molecule has 0 spiro atoms. The minimum Gasteiger partial charge on any atom is -0.491 e. The number of likely N-dealkylation sites (tertiary alicyclic amines) is 1. The largest absolute Gasteiger partial charge is 0.491 e. The molecule has 0 saturated carbocycles. The Morgan fingerprint density at radius 2 is 1.78 bits per heavy atom. The molecular formula is C30H43N7O8. The second kappa shape index (κ2) is 16.4. The third kappa shape index (κ3) is 10.5. The van der Waals surface area contributed by atoms with Crippen molar-refractivity contribution in [2.75, 3.05) is 26.2 Å². The number of primary amides is 1. The lowest BCUT2D eigenvalue weighted by molar-refractivity contribution is -0.135. The highest BCUT2D eigenvalue weighted by Gasteiger charge is 2.32. The number of nitrogens with zero attached hydrogens (tertiary/aromatic N) is 1. The van der Waals surface area contributed by atoms with E-state index < -0.39 is 72.5 Å². The summed E-state index contributed by atoms with van der Waals surface area (Å²) in [5.74, 6) is -4.53. The first-order valence-corrected chi connectivity index (χ1v) is 15.1. The van der Waals surface area contributed by atoms with Crippen molar-refractivity contribution in [3.63, 3.8) is 0 Å². The molecule has 0 unspecified atom stereocenters. The van der Waals surface area contributed by atoms with Crippen LogP contribution in [0.2, 0.25) is 0 Å². The Labute approximate surface area is 261 Å². The molecule has 0 aliphatic carbocycles. The zero-order valence-electron chi connectivity index (χ0n) is 25.9. The number of amides is 7. The van der Waals surface area contributed by atoms with E-state index in [-0.39, 0.29) is 36.3 Å². The summed E-state index contributed by atoms with van der Waals surface area (Å²) in [6.07, 6.45) is 0.598. The third-order valence-corrected chi connectivity index (χ3v) is 7.40. The lowest BCUT2D eigenvalue weighted by atomic mass is 10.0. The van der Waals surface area contributed by atoms with Crippen LogP contribution in [-0.2, 0) is 28.8 Å². The van der Waals surface area contributed by atoms with E-state index in [1.165, 1.54) is 6.07 Å². The van der Waals surface area contributed by atoms with Crippen LogP contribution in [0.5, 0.6) is 5.75 Å². The molecule has 246 valence electrons. The number of carbonyl (C=O) groups excluding carboxylic acids is 7. The van der Waals surface area contributed by atoms with Crippen molar-refractivity contribution in [3.05, 3.63) is 29.8 Å². The smallest absolute Gasteiger partial charge is 0.255 e. The summed E-state index contributed by atoms with van der Waals surface area (Å²) in [6, 6.07) is 1.93. The van der Waals surface area contributed by atoms with Crippen molar-refractivity contribution < 1.29 is 38.3 Å². The zero-order chi connectivity index (χ0) is 33.1. The molecule has 2 aliphatic rings. The topological polar surface area (TPSA) is 218 Å². The van der Waals surface area contributed by atoms with Gasteiger partial charge < -0.3 is 42.0 Å². The molecule has 15 nitrogen and oxygen atoms in total. The molecule has 1 fully saturated rings. The minimum absolute atomic E-state index is 0.0252. The molecule has 0 aromatic heterocycles. The van der Waals surface area contributed by atoms with Crippen molar-refractivity contribution in [1.29, 1.82) is 0 Å². The fraction of sp³-hybridized carbons (Fsp3) is 0.567. The maximum absolute atomic E-state index is 13.4. The lowest BCUT2D eigenvalue weighted by Crippen LogP contribution is -2.58. The van der Waals surface area contributed by atoms with Gasteiger partial charge in [0.1, 0.15) is 30.5 Å². The molecule has 1 aromatic carbocycles. The highest BCUT2D eigenvalue weighted by atomic mass is 16.5. The summed E-state index contributed by atoms with van der Waals surface area (Å²) in [5, 5.41) is 13.0. The summed E-state index contributed by atoms with van der Waals surface area (Å²) in [5.41, 5.74) is 5.43. The second-order valence-electron chi connectivity index (χ2n) is 11.6. The molecular weight excluding hydrogens is 586 g/mol. The fourth-order valence-corrected chi connectivity index (χ4v) is 5.00. The number of carbonyl (C=O) groups is 7. The van der Waals surface area contributed by atoms with Crippen molar-refractivity contribution in [2.45, 2.75) is 77.0 Å². The highest BCUT2D eigenvalue weighted by molar-refractivity contribution is 6.01. The number of fused-ring (bicyclic) bond motifs is 1. The number of nitrogens with two attached hydrogens (primary N) is 1. The van der Waals surface area contributed by atoms with E-state index in [4.69, 9.17) is 10.5 Å². The summed E-state index contributed by atoms with van der Waals surface area (Å²) in [6.45, 7) is 6.39. The Morgan fingerprint density at radius 3 is 2.44 bits per heavy atom. The normalized spacial score (nSPS) is 23.6. The SMILES string of the molecule is CC(C)[C@H]1NC(=O)[C@H](CC(N)=O)NC(=O)C[C@@H](C(=O)NCCCN2CCCC2=O)NC(=O)c2ccccc2OC[C@H](C)NC1=O. The first kappa shape index (κ1) is 34.8. The first-order valence-electron chi connectivity index (χ1n) is 15.1. The molecule has 1 saturated heterocycles. The number of para-hydroxylation sites is 1. The van der Waals surface area contributed by atoms with Gasteiger partial charge in [-0.15, -0.1) is 0 Å². The lowest BCUT2D eigenvalue weighted by Gasteiger charge is -2.26.